The Morgan fingerprint density at radius 1 is 1.30 bits per heavy atom. The molecule has 2 fully saturated rings. The molecule has 5 heteroatoms. The zero-order valence-corrected chi connectivity index (χ0v) is 13.4. The highest BCUT2D eigenvalue weighted by molar-refractivity contribution is 9.10. The minimum Gasteiger partial charge on any atom is -0.348 e. The van der Waals surface area contributed by atoms with Crippen molar-refractivity contribution in [3.8, 4) is 0 Å². The zero-order chi connectivity index (χ0) is 14.0. The summed E-state index contributed by atoms with van der Waals surface area (Å²) < 4.78 is 12.6. The monoisotopic (exact) mass is 340 g/mol. The molecule has 110 valence electrons. The molecule has 1 aromatic rings. The smallest absolute Gasteiger partial charge is 0.168 e. The largest absolute Gasteiger partial charge is 0.348 e. The molecule has 0 amide bonds. The van der Waals surface area contributed by atoms with Crippen LogP contribution in [-0.2, 0) is 16.0 Å². The van der Waals surface area contributed by atoms with E-state index in [0.29, 0.717) is 6.04 Å². The van der Waals surface area contributed by atoms with Crippen LogP contribution < -0.4 is 0 Å². The van der Waals surface area contributed by atoms with E-state index in [-0.39, 0.29) is 5.79 Å². The van der Waals surface area contributed by atoms with Crippen molar-refractivity contribution in [2.45, 2.75) is 44.1 Å². The molecule has 0 N–H and O–H groups in total. The van der Waals surface area contributed by atoms with Gasteiger partial charge in [-0.2, -0.15) is 0 Å². The fraction of sp³-hybridized carbons (Fsp3) is 0.667. The second-order valence-corrected chi connectivity index (χ2v) is 6.64. The number of hydrogen-bond acceptors (Lipinski definition) is 4. The normalized spacial score (nSPS) is 22.8. The van der Waals surface area contributed by atoms with Crippen LogP contribution in [0.3, 0.4) is 0 Å². The molecule has 0 aromatic carbocycles. The number of nitrogens with zero attached hydrogens (tertiary/aromatic N) is 2. The first-order valence-corrected chi connectivity index (χ1v) is 8.05. The Kier molecular flexibility index (Phi) is 4.40. The third kappa shape index (κ3) is 3.22. The third-order valence-corrected chi connectivity index (χ3v) is 4.82. The highest BCUT2D eigenvalue weighted by atomic mass is 79.9. The van der Waals surface area contributed by atoms with Crippen LogP contribution in [0.2, 0.25) is 0 Å². The highest BCUT2D eigenvalue weighted by Crippen LogP contribution is 2.37. The van der Waals surface area contributed by atoms with E-state index in [4.69, 9.17) is 9.47 Å². The molecule has 0 atom stereocenters. The van der Waals surface area contributed by atoms with E-state index in [1.807, 2.05) is 12.3 Å². The lowest BCUT2D eigenvalue weighted by atomic mass is 9.89. The van der Waals surface area contributed by atoms with E-state index in [1.165, 1.54) is 0 Å². The Morgan fingerprint density at radius 2 is 2.00 bits per heavy atom. The van der Waals surface area contributed by atoms with Gasteiger partial charge in [0.2, 0.25) is 0 Å². The van der Waals surface area contributed by atoms with E-state index < -0.39 is 0 Å². The summed E-state index contributed by atoms with van der Waals surface area (Å²) in [5.74, 6) is -0.257. The predicted octanol–water partition coefficient (Wildman–Crippen LogP) is 2.96. The number of ether oxygens (including phenoxy) is 2. The SMILES string of the molecule is CN(Cc1ccc(Br)cn1)C1CCC2(CC1)OCCO2. The van der Waals surface area contributed by atoms with E-state index in [9.17, 15) is 0 Å². The van der Waals surface area contributed by atoms with Crippen molar-refractivity contribution in [1.29, 1.82) is 0 Å². The fourth-order valence-corrected chi connectivity index (χ4v) is 3.39. The van der Waals surface area contributed by atoms with Crippen LogP contribution in [0, 0.1) is 0 Å². The number of pyridine rings is 1. The van der Waals surface area contributed by atoms with Crippen molar-refractivity contribution < 1.29 is 9.47 Å². The zero-order valence-electron chi connectivity index (χ0n) is 11.8. The summed E-state index contributed by atoms with van der Waals surface area (Å²) in [6.07, 6.45) is 6.14. The predicted molar refractivity (Wildman–Crippen MR) is 80.3 cm³/mol. The number of rotatable bonds is 3. The Labute approximate surface area is 128 Å². The summed E-state index contributed by atoms with van der Waals surface area (Å²) in [4.78, 5) is 6.85. The highest BCUT2D eigenvalue weighted by Gasteiger charge is 2.40. The maximum absolute atomic E-state index is 5.78. The Hall–Kier alpha value is -0.490. The summed E-state index contributed by atoms with van der Waals surface area (Å²) in [7, 11) is 2.18. The quantitative estimate of drug-likeness (QED) is 0.847. The van der Waals surface area contributed by atoms with E-state index in [0.717, 1.165) is 55.6 Å². The van der Waals surface area contributed by atoms with Gasteiger partial charge in [0.25, 0.3) is 0 Å². The summed E-state index contributed by atoms with van der Waals surface area (Å²) >= 11 is 3.42. The van der Waals surface area contributed by atoms with Crippen molar-refractivity contribution >= 4 is 15.9 Å². The maximum atomic E-state index is 5.78. The Balaban J connectivity index is 1.53. The molecule has 2 heterocycles. The van der Waals surface area contributed by atoms with Gasteiger partial charge in [-0.3, -0.25) is 9.88 Å². The molecule has 1 aliphatic carbocycles. The van der Waals surface area contributed by atoms with Crippen molar-refractivity contribution in [2.75, 3.05) is 20.3 Å². The average molecular weight is 341 g/mol. The van der Waals surface area contributed by atoms with Gasteiger partial charge < -0.3 is 9.47 Å². The molecule has 1 spiro atoms. The molecule has 1 aliphatic heterocycles. The molecule has 2 aliphatic rings. The van der Waals surface area contributed by atoms with Crippen LogP contribution in [-0.4, -0.2) is 42.0 Å². The van der Waals surface area contributed by atoms with Gasteiger partial charge in [-0.25, -0.2) is 0 Å². The summed E-state index contributed by atoms with van der Waals surface area (Å²) in [6, 6.07) is 4.72. The molecule has 20 heavy (non-hydrogen) atoms. The van der Waals surface area contributed by atoms with Crippen LogP contribution in [0.1, 0.15) is 31.4 Å². The van der Waals surface area contributed by atoms with E-state index in [1.54, 1.807) is 0 Å². The first-order valence-electron chi connectivity index (χ1n) is 7.25. The molecule has 1 aromatic heterocycles. The minimum absolute atomic E-state index is 0.257. The minimum atomic E-state index is -0.257. The number of halogens is 1. The maximum Gasteiger partial charge on any atom is 0.168 e. The summed E-state index contributed by atoms with van der Waals surface area (Å²) in [6.45, 7) is 2.40. The topological polar surface area (TPSA) is 34.6 Å². The van der Waals surface area contributed by atoms with Crippen molar-refractivity contribution in [2.24, 2.45) is 0 Å². The molecule has 1 saturated carbocycles. The lowest BCUT2D eigenvalue weighted by Crippen LogP contribution is -2.42. The van der Waals surface area contributed by atoms with Gasteiger partial charge >= 0.3 is 0 Å². The summed E-state index contributed by atoms with van der Waals surface area (Å²) in [5, 5.41) is 0. The van der Waals surface area contributed by atoms with Crippen LogP contribution in [0.4, 0.5) is 0 Å². The van der Waals surface area contributed by atoms with Gasteiger partial charge in [-0.15, -0.1) is 0 Å². The van der Waals surface area contributed by atoms with E-state index in [2.05, 4.69) is 38.9 Å². The Bertz CT molecular complexity index is 436. The van der Waals surface area contributed by atoms with Crippen molar-refractivity contribution in [3.05, 3.63) is 28.5 Å². The number of hydrogen-bond donors (Lipinski definition) is 0. The second kappa shape index (κ2) is 6.10. The molecule has 0 bridgehead atoms. The van der Waals surface area contributed by atoms with Gasteiger partial charge in [-0.1, -0.05) is 0 Å². The number of aromatic nitrogens is 1. The standard InChI is InChI=1S/C15H21BrN2O2/c1-18(11-13-3-2-12(16)10-17-13)14-4-6-15(7-5-14)19-8-9-20-15/h2-3,10,14H,4-9,11H2,1H3. The second-order valence-electron chi connectivity index (χ2n) is 5.72. The molecule has 4 nitrogen and oxygen atoms in total. The van der Waals surface area contributed by atoms with Gasteiger partial charge in [0.1, 0.15) is 0 Å². The van der Waals surface area contributed by atoms with Crippen LogP contribution >= 0.6 is 15.9 Å². The van der Waals surface area contributed by atoms with Crippen molar-refractivity contribution in [1.82, 2.24) is 9.88 Å². The fourth-order valence-electron chi connectivity index (χ4n) is 3.15. The first-order chi connectivity index (χ1) is 9.67. The Morgan fingerprint density at radius 3 is 2.60 bits per heavy atom. The van der Waals surface area contributed by atoms with Crippen LogP contribution in [0.5, 0.6) is 0 Å². The molecule has 3 rings (SSSR count). The lowest BCUT2D eigenvalue weighted by molar-refractivity contribution is -0.183. The molecular weight excluding hydrogens is 320 g/mol. The van der Waals surface area contributed by atoms with Crippen LogP contribution in [0.25, 0.3) is 0 Å². The first kappa shape index (κ1) is 14.4. The summed E-state index contributed by atoms with van der Waals surface area (Å²) in [5.41, 5.74) is 1.12. The van der Waals surface area contributed by atoms with Gasteiger partial charge in [0, 0.05) is 36.1 Å². The van der Waals surface area contributed by atoms with Gasteiger partial charge in [0.05, 0.1) is 18.9 Å². The lowest BCUT2D eigenvalue weighted by Gasteiger charge is -2.39. The average Bonchev–Trinajstić information content (AvgIpc) is 2.90. The van der Waals surface area contributed by atoms with Crippen molar-refractivity contribution in [3.63, 3.8) is 0 Å². The molecular formula is C15H21BrN2O2. The van der Waals surface area contributed by atoms with Crippen LogP contribution in [0.15, 0.2) is 22.8 Å². The molecule has 0 radical (unpaired) electrons. The van der Waals surface area contributed by atoms with E-state index >= 15 is 0 Å². The molecule has 0 unspecified atom stereocenters. The third-order valence-electron chi connectivity index (χ3n) is 4.35. The van der Waals surface area contributed by atoms with Gasteiger partial charge in [-0.05, 0) is 48.0 Å². The molecule has 1 saturated heterocycles. The van der Waals surface area contributed by atoms with Gasteiger partial charge in [0.15, 0.2) is 5.79 Å².